The number of hydrogen-bond acceptors (Lipinski definition) is 4. The Morgan fingerprint density at radius 2 is 1.69 bits per heavy atom. The van der Waals surface area contributed by atoms with Crippen molar-refractivity contribution in [2.24, 2.45) is 0 Å². The predicted molar refractivity (Wildman–Crippen MR) is 92.2 cm³/mol. The largest absolute Gasteiger partial charge is 0.493 e. The van der Waals surface area contributed by atoms with E-state index in [0.717, 1.165) is 11.6 Å². The van der Waals surface area contributed by atoms with Gasteiger partial charge in [-0.05, 0) is 17.7 Å². The minimum absolute atomic E-state index is 0.00449. The molecule has 6 heteroatoms. The fourth-order valence-corrected chi connectivity index (χ4v) is 3.12. The Morgan fingerprint density at radius 3 is 2.42 bits per heavy atom. The first-order valence-electron chi connectivity index (χ1n) is 7.96. The number of nitrogens with zero attached hydrogens (tertiary/aromatic N) is 1. The van der Waals surface area contributed by atoms with Gasteiger partial charge in [-0.25, -0.2) is 4.39 Å². The lowest BCUT2D eigenvalue weighted by molar-refractivity contribution is -0.104. The molecule has 3 aromatic carbocycles. The van der Waals surface area contributed by atoms with Gasteiger partial charge in [-0.2, -0.15) is 0 Å². The summed E-state index contributed by atoms with van der Waals surface area (Å²) in [5.41, 5.74) is 1.14. The van der Waals surface area contributed by atoms with Crippen LogP contribution in [0.5, 0.6) is 5.75 Å². The third-order valence-electron chi connectivity index (χ3n) is 4.30. The lowest BCUT2D eigenvalue weighted by atomic mass is 9.94. The van der Waals surface area contributed by atoms with Crippen molar-refractivity contribution in [1.29, 1.82) is 0 Å². The average molecular weight is 351 g/mol. The Morgan fingerprint density at radius 1 is 0.962 bits per heavy atom. The second kappa shape index (κ2) is 6.24. The van der Waals surface area contributed by atoms with E-state index in [1.165, 1.54) is 7.11 Å². The summed E-state index contributed by atoms with van der Waals surface area (Å²) in [6.07, 6.45) is 0. The Hall–Kier alpha value is -3.25. The van der Waals surface area contributed by atoms with Crippen LogP contribution in [-0.4, -0.2) is 24.0 Å². The molecule has 0 aliphatic carbocycles. The number of hydroxylamine groups is 2. The molecule has 0 bridgehead atoms. The van der Waals surface area contributed by atoms with E-state index in [0.29, 0.717) is 15.8 Å². The summed E-state index contributed by atoms with van der Waals surface area (Å²) in [6.45, 7) is 0.0439. The highest BCUT2D eigenvalue weighted by Crippen LogP contribution is 2.37. The van der Waals surface area contributed by atoms with Gasteiger partial charge in [0, 0.05) is 10.8 Å². The molecule has 1 aliphatic rings. The first-order chi connectivity index (χ1) is 12.6. The van der Waals surface area contributed by atoms with Crippen molar-refractivity contribution >= 4 is 22.6 Å². The van der Waals surface area contributed by atoms with Crippen molar-refractivity contribution in [3.05, 3.63) is 77.1 Å². The van der Waals surface area contributed by atoms with Crippen LogP contribution in [-0.2, 0) is 11.4 Å². The van der Waals surface area contributed by atoms with Crippen molar-refractivity contribution in [2.75, 3.05) is 7.11 Å². The zero-order valence-electron chi connectivity index (χ0n) is 13.9. The molecule has 0 atom stereocenters. The molecule has 0 fully saturated rings. The van der Waals surface area contributed by atoms with Gasteiger partial charge in [0.25, 0.3) is 11.8 Å². The van der Waals surface area contributed by atoms with Gasteiger partial charge in [-0.3, -0.25) is 14.4 Å². The van der Waals surface area contributed by atoms with Crippen LogP contribution in [0.4, 0.5) is 4.39 Å². The minimum Gasteiger partial charge on any atom is -0.493 e. The number of halogens is 1. The maximum atomic E-state index is 14.4. The number of rotatable bonds is 4. The van der Waals surface area contributed by atoms with Gasteiger partial charge < -0.3 is 4.74 Å². The maximum Gasteiger partial charge on any atom is 0.285 e. The zero-order chi connectivity index (χ0) is 18.3. The van der Waals surface area contributed by atoms with Gasteiger partial charge in [0.15, 0.2) is 11.6 Å². The normalized spacial score (nSPS) is 13.4. The zero-order valence-corrected chi connectivity index (χ0v) is 13.9. The molecule has 4 rings (SSSR count). The van der Waals surface area contributed by atoms with Crippen LogP contribution in [0.3, 0.4) is 0 Å². The van der Waals surface area contributed by atoms with E-state index in [9.17, 15) is 14.0 Å². The number of carbonyl (C=O) groups excluding carboxylic acids is 2. The molecular weight excluding hydrogens is 337 g/mol. The number of hydrogen-bond donors (Lipinski definition) is 0. The number of benzene rings is 3. The summed E-state index contributed by atoms with van der Waals surface area (Å²) in [7, 11) is 1.34. The summed E-state index contributed by atoms with van der Waals surface area (Å²) in [5.74, 6) is -1.95. The quantitative estimate of drug-likeness (QED) is 0.673. The van der Waals surface area contributed by atoms with Gasteiger partial charge in [0.2, 0.25) is 0 Å². The Labute approximate surface area is 148 Å². The number of methoxy groups -OCH3 is 1. The summed E-state index contributed by atoms with van der Waals surface area (Å²) in [5, 5.41) is 1.44. The van der Waals surface area contributed by atoms with Crippen LogP contribution >= 0.6 is 0 Å². The number of imide groups is 1. The smallest absolute Gasteiger partial charge is 0.285 e. The molecule has 130 valence electrons. The third-order valence-corrected chi connectivity index (χ3v) is 4.30. The van der Waals surface area contributed by atoms with Crippen molar-refractivity contribution in [3.8, 4) is 5.75 Å². The van der Waals surface area contributed by atoms with Crippen molar-refractivity contribution in [2.45, 2.75) is 6.61 Å². The van der Waals surface area contributed by atoms with Gasteiger partial charge in [-0.15, -0.1) is 5.06 Å². The Bertz CT molecular complexity index is 1030. The van der Waals surface area contributed by atoms with E-state index >= 15 is 0 Å². The fraction of sp³-hybridized carbons (Fsp3) is 0.100. The second-order valence-electron chi connectivity index (χ2n) is 5.83. The van der Waals surface area contributed by atoms with Crippen LogP contribution in [0.2, 0.25) is 0 Å². The second-order valence-corrected chi connectivity index (χ2v) is 5.83. The monoisotopic (exact) mass is 351 g/mol. The fourth-order valence-electron chi connectivity index (χ4n) is 3.12. The standard InChI is InChI=1S/C20H14FNO4/c1-25-18-13-8-5-9-14-17(13)15(10-16(18)21)20(24)22(19(14)23)26-11-12-6-3-2-4-7-12/h2-10H,11H2,1H3. The van der Waals surface area contributed by atoms with Gasteiger partial charge >= 0.3 is 0 Å². The van der Waals surface area contributed by atoms with Gasteiger partial charge in [0.1, 0.15) is 6.61 Å². The van der Waals surface area contributed by atoms with E-state index in [2.05, 4.69) is 0 Å². The molecule has 0 N–H and O–H groups in total. The highest BCUT2D eigenvalue weighted by Gasteiger charge is 2.35. The molecular formula is C20H14FNO4. The highest BCUT2D eigenvalue weighted by molar-refractivity contribution is 6.25. The Kier molecular flexibility index (Phi) is 3.89. The first kappa shape index (κ1) is 16.2. The lowest BCUT2D eigenvalue weighted by Crippen LogP contribution is -2.40. The van der Waals surface area contributed by atoms with Crippen LogP contribution in [0, 0.1) is 5.82 Å². The van der Waals surface area contributed by atoms with E-state index in [-0.39, 0.29) is 23.5 Å². The van der Waals surface area contributed by atoms with Gasteiger partial charge in [0.05, 0.1) is 18.2 Å². The third kappa shape index (κ3) is 2.43. The summed E-state index contributed by atoms with van der Waals surface area (Å²) in [6, 6.07) is 15.0. The topological polar surface area (TPSA) is 55.8 Å². The summed E-state index contributed by atoms with van der Waals surface area (Å²) < 4.78 is 19.4. The van der Waals surface area contributed by atoms with Crippen LogP contribution in [0.25, 0.3) is 10.8 Å². The number of carbonyl (C=O) groups is 2. The number of ether oxygens (including phenoxy) is 1. The van der Waals surface area contributed by atoms with E-state index in [4.69, 9.17) is 9.57 Å². The molecule has 2 amide bonds. The molecule has 0 unspecified atom stereocenters. The maximum absolute atomic E-state index is 14.4. The van der Waals surface area contributed by atoms with Crippen molar-refractivity contribution in [3.63, 3.8) is 0 Å². The molecule has 0 saturated heterocycles. The van der Waals surface area contributed by atoms with Crippen LogP contribution in [0.15, 0.2) is 54.6 Å². The van der Waals surface area contributed by atoms with Crippen LogP contribution in [0.1, 0.15) is 26.3 Å². The average Bonchev–Trinajstić information content (AvgIpc) is 2.66. The molecule has 0 spiro atoms. The molecule has 1 aliphatic heterocycles. The van der Waals surface area contributed by atoms with Gasteiger partial charge in [-0.1, -0.05) is 42.5 Å². The van der Waals surface area contributed by atoms with Crippen molar-refractivity contribution in [1.82, 2.24) is 5.06 Å². The highest BCUT2D eigenvalue weighted by atomic mass is 19.1. The van der Waals surface area contributed by atoms with Crippen LogP contribution < -0.4 is 4.74 Å². The molecule has 1 heterocycles. The molecule has 26 heavy (non-hydrogen) atoms. The first-order valence-corrected chi connectivity index (χ1v) is 7.96. The van der Waals surface area contributed by atoms with E-state index in [1.54, 1.807) is 18.2 Å². The SMILES string of the molecule is COc1c(F)cc2c3c(cccc13)C(=O)N(OCc1ccccc1)C2=O. The lowest BCUT2D eigenvalue weighted by Gasteiger charge is -2.26. The molecule has 5 nitrogen and oxygen atoms in total. The van der Waals surface area contributed by atoms with E-state index < -0.39 is 17.6 Å². The summed E-state index contributed by atoms with van der Waals surface area (Å²) in [4.78, 5) is 31.0. The Balaban J connectivity index is 1.78. The van der Waals surface area contributed by atoms with E-state index in [1.807, 2.05) is 30.3 Å². The summed E-state index contributed by atoms with van der Waals surface area (Å²) >= 11 is 0. The molecule has 3 aromatic rings. The molecule has 0 radical (unpaired) electrons. The predicted octanol–water partition coefficient (Wildman–Crippen LogP) is 3.72. The molecule has 0 aromatic heterocycles. The number of amides is 2. The minimum atomic E-state index is -0.698. The molecule has 0 saturated carbocycles. The van der Waals surface area contributed by atoms with Crippen molar-refractivity contribution < 1.29 is 23.6 Å².